The van der Waals surface area contributed by atoms with Gasteiger partial charge in [0, 0.05) is 30.2 Å². The Kier molecular flexibility index (Phi) is 9.05. The lowest BCUT2D eigenvalue weighted by Crippen LogP contribution is -2.53. The topological polar surface area (TPSA) is 176 Å². The van der Waals surface area contributed by atoms with Crippen LogP contribution in [0.3, 0.4) is 0 Å². The van der Waals surface area contributed by atoms with Crippen molar-refractivity contribution in [1.29, 1.82) is 0 Å². The fourth-order valence-corrected chi connectivity index (χ4v) is 5.44. The number of fused-ring (bicyclic) bond motifs is 1. The Morgan fingerprint density at radius 3 is 2.47 bits per heavy atom. The molecule has 2 fully saturated rings. The van der Waals surface area contributed by atoms with Gasteiger partial charge in [-0.1, -0.05) is 48.0 Å². The zero-order valence-corrected chi connectivity index (χ0v) is 21.9. The molecule has 2 amide bonds. The first-order chi connectivity index (χ1) is 17.2. The van der Waals surface area contributed by atoms with Gasteiger partial charge in [0.2, 0.25) is 0 Å². The number of pyridine rings is 1. The summed E-state index contributed by atoms with van der Waals surface area (Å²) in [5.41, 5.74) is 3.66. The third-order valence-electron chi connectivity index (χ3n) is 6.51. The minimum absolute atomic E-state index is 0. The van der Waals surface area contributed by atoms with E-state index >= 15 is 0 Å². The number of nitrogens with zero attached hydrogens (tertiary/aromatic N) is 4. The van der Waals surface area contributed by atoms with Crippen LogP contribution in [0.1, 0.15) is 35.7 Å². The molecule has 0 spiro atoms. The molecule has 2 atom stereocenters. The van der Waals surface area contributed by atoms with Crippen LogP contribution in [-0.4, -0.2) is 71.2 Å². The molecule has 0 aliphatic carbocycles. The number of aromatic nitrogens is 1. The number of amides is 2. The smallest absolute Gasteiger partial charge is 0.412 e. The molecule has 2 saturated heterocycles. The lowest BCUT2D eigenvalue weighted by molar-refractivity contribution is -0.0576. The lowest BCUT2D eigenvalue weighted by atomic mass is 9.93. The van der Waals surface area contributed by atoms with Gasteiger partial charge in [-0.25, -0.2) is 4.79 Å². The summed E-state index contributed by atoms with van der Waals surface area (Å²) in [5, 5.41) is 12.4. The second kappa shape index (κ2) is 11.7. The van der Waals surface area contributed by atoms with Crippen LogP contribution < -0.4 is 5.06 Å². The van der Waals surface area contributed by atoms with Gasteiger partial charge in [-0.15, -0.1) is 13.6 Å². The average molecular weight is 549 g/mol. The maximum absolute atomic E-state index is 13.3. The van der Waals surface area contributed by atoms with Crippen molar-refractivity contribution >= 4 is 33.0 Å². The number of aliphatic hydroxyl groups is 1. The van der Waals surface area contributed by atoms with Gasteiger partial charge < -0.3 is 16.1 Å². The van der Waals surface area contributed by atoms with Crippen LogP contribution in [0.2, 0.25) is 0 Å². The zero-order valence-electron chi connectivity index (χ0n) is 21.1. The van der Waals surface area contributed by atoms with Gasteiger partial charge in [-0.3, -0.25) is 9.88 Å². The molecule has 0 bridgehead atoms. The Morgan fingerprint density at radius 2 is 1.74 bits per heavy atom. The van der Waals surface area contributed by atoms with Gasteiger partial charge >= 0.3 is 16.4 Å². The monoisotopic (exact) mass is 548 g/mol. The summed E-state index contributed by atoms with van der Waals surface area (Å²) in [6.07, 6.45) is 0.716. The standard InChI is InChI=1S/C25H28N4O6S.2H2O/c1-17-7-9-19(10-8-17)23-16-20(30)11-12-27(23)13-14-28-25(31)29(35-36(32,33)34-28)24-15-18(2)26-22-6-4-3-5-21(22)24;;/h3-10,15,20,23,30H,11-14,16H2,1-2H3;2*1H2. The Balaban J connectivity index is 0.00000200. The van der Waals surface area contributed by atoms with E-state index in [1.807, 2.05) is 37.3 Å². The number of piperidine rings is 1. The molecule has 3 heterocycles. The summed E-state index contributed by atoms with van der Waals surface area (Å²) < 4.78 is 34.9. The fourth-order valence-electron chi connectivity index (χ4n) is 4.73. The second-order valence-electron chi connectivity index (χ2n) is 9.18. The molecule has 3 aromatic rings. The van der Waals surface area contributed by atoms with Gasteiger partial charge in [-0.2, -0.15) is 13.5 Å². The third kappa shape index (κ3) is 6.10. The van der Waals surface area contributed by atoms with Crippen LogP contribution in [0.4, 0.5) is 10.5 Å². The van der Waals surface area contributed by atoms with E-state index in [4.69, 9.17) is 8.57 Å². The largest absolute Gasteiger partial charge is 0.442 e. The first kappa shape index (κ1) is 29.4. The van der Waals surface area contributed by atoms with Gasteiger partial charge in [0.25, 0.3) is 0 Å². The number of hydroxylamine groups is 3. The number of carbonyl (C=O) groups excluding carboxylic acids is 1. The van der Waals surface area contributed by atoms with Gasteiger partial charge in [0.1, 0.15) is 0 Å². The van der Waals surface area contributed by atoms with Crippen LogP contribution in [0.5, 0.6) is 0 Å². The number of hydrogen-bond donors (Lipinski definition) is 1. The molecule has 2 aliphatic rings. The van der Waals surface area contributed by atoms with E-state index in [1.54, 1.807) is 31.2 Å². The lowest BCUT2D eigenvalue weighted by Gasteiger charge is -2.39. The van der Waals surface area contributed by atoms with Crippen LogP contribution in [-0.2, 0) is 19.0 Å². The first-order valence-corrected chi connectivity index (χ1v) is 13.1. The zero-order chi connectivity index (χ0) is 25.4. The van der Waals surface area contributed by atoms with Crippen molar-refractivity contribution in [3.05, 3.63) is 71.4 Å². The van der Waals surface area contributed by atoms with E-state index in [1.165, 1.54) is 0 Å². The summed E-state index contributed by atoms with van der Waals surface area (Å²) in [6.45, 7) is 4.69. The van der Waals surface area contributed by atoms with E-state index in [9.17, 15) is 18.3 Å². The number of aryl methyl sites for hydroxylation is 2. The average Bonchev–Trinajstić information content (AvgIpc) is 2.84. The van der Waals surface area contributed by atoms with E-state index in [0.29, 0.717) is 42.5 Å². The highest BCUT2D eigenvalue weighted by Gasteiger charge is 2.40. The molecular formula is C25H32N4O8S. The highest BCUT2D eigenvalue weighted by Crippen LogP contribution is 2.33. The maximum Gasteiger partial charge on any atom is 0.442 e. The molecule has 1 aromatic heterocycles. The minimum atomic E-state index is -4.52. The number of carbonyl (C=O) groups is 1. The number of urea groups is 1. The number of likely N-dealkylation sites (tertiary alicyclic amines) is 1. The van der Waals surface area contributed by atoms with Crippen molar-refractivity contribution in [2.45, 2.75) is 38.8 Å². The summed E-state index contributed by atoms with van der Waals surface area (Å²) in [7, 11) is -4.52. The number of rotatable bonds is 5. The SMILES string of the molecule is Cc1ccc(C2CC(O)CCN2CCN2OS(=O)(=O)ON(c3cc(C)nc4ccccc34)C2=O)cc1.O.O. The summed E-state index contributed by atoms with van der Waals surface area (Å²) in [5.74, 6) is 0. The summed E-state index contributed by atoms with van der Waals surface area (Å²) >= 11 is 0. The molecule has 5 rings (SSSR count). The quantitative estimate of drug-likeness (QED) is 0.501. The van der Waals surface area contributed by atoms with Gasteiger partial charge in [0.05, 0.1) is 23.9 Å². The number of para-hydroxylation sites is 1. The summed E-state index contributed by atoms with van der Waals surface area (Å²) in [6, 6.07) is 16.0. The second-order valence-corrected chi connectivity index (χ2v) is 10.3. The Labute approximate surface area is 220 Å². The molecule has 0 saturated carbocycles. The Hall–Kier alpha value is -3.17. The van der Waals surface area contributed by atoms with E-state index < -0.39 is 22.5 Å². The normalized spacial score (nSPS) is 21.6. The molecule has 5 N–H and O–H groups in total. The van der Waals surface area contributed by atoms with E-state index in [0.717, 1.165) is 21.3 Å². The number of aliphatic hydroxyl groups excluding tert-OH is 1. The van der Waals surface area contributed by atoms with Crippen molar-refractivity contribution in [1.82, 2.24) is 14.9 Å². The molecule has 2 unspecified atom stereocenters. The van der Waals surface area contributed by atoms with Crippen molar-refractivity contribution in [3.8, 4) is 0 Å². The van der Waals surface area contributed by atoms with Gasteiger partial charge in [-0.05, 0) is 44.4 Å². The van der Waals surface area contributed by atoms with Crippen molar-refractivity contribution in [2.75, 3.05) is 24.7 Å². The van der Waals surface area contributed by atoms with Crippen LogP contribution >= 0.6 is 0 Å². The Morgan fingerprint density at radius 1 is 1.03 bits per heavy atom. The molecule has 12 nitrogen and oxygen atoms in total. The number of benzene rings is 2. The predicted octanol–water partition coefficient (Wildman–Crippen LogP) is 1.75. The van der Waals surface area contributed by atoms with Crippen molar-refractivity contribution in [2.24, 2.45) is 0 Å². The van der Waals surface area contributed by atoms with Crippen LogP contribution in [0.15, 0.2) is 54.6 Å². The van der Waals surface area contributed by atoms with Gasteiger partial charge in [0.15, 0.2) is 0 Å². The fraction of sp³-hybridized carbons (Fsp3) is 0.360. The molecule has 0 radical (unpaired) electrons. The number of hydrogen-bond acceptors (Lipinski definition) is 8. The molecule has 38 heavy (non-hydrogen) atoms. The van der Waals surface area contributed by atoms with Crippen molar-refractivity contribution < 1.29 is 37.8 Å². The van der Waals surface area contributed by atoms with E-state index in [2.05, 4.69) is 9.88 Å². The predicted molar refractivity (Wildman–Crippen MR) is 140 cm³/mol. The molecule has 13 heteroatoms. The van der Waals surface area contributed by atoms with Crippen LogP contribution in [0, 0.1) is 13.8 Å². The highest BCUT2D eigenvalue weighted by molar-refractivity contribution is 7.82. The number of anilines is 1. The van der Waals surface area contributed by atoms with E-state index in [-0.39, 0.29) is 29.2 Å². The molecule has 2 aromatic carbocycles. The van der Waals surface area contributed by atoms with Crippen LogP contribution in [0.25, 0.3) is 10.9 Å². The minimum Gasteiger partial charge on any atom is -0.412 e. The van der Waals surface area contributed by atoms with Crippen molar-refractivity contribution in [3.63, 3.8) is 0 Å². The first-order valence-electron chi connectivity index (χ1n) is 11.8. The summed E-state index contributed by atoms with van der Waals surface area (Å²) in [4.78, 5) is 19.9. The molecular weight excluding hydrogens is 516 g/mol. The Bertz CT molecular complexity index is 1390. The highest BCUT2D eigenvalue weighted by atomic mass is 32.3. The molecule has 2 aliphatic heterocycles. The third-order valence-corrected chi connectivity index (χ3v) is 7.21. The maximum atomic E-state index is 13.3. The molecule has 206 valence electrons.